The molecule has 0 saturated carbocycles. The van der Waals surface area contributed by atoms with Gasteiger partial charge in [-0.2, -0.15) is 0 Å². The molecule has 9 aromatic carbocycles. The molecular weight excluding hydrogens is 759 g/mol. The average Bonchev–Trinajstić information content (AvgIpc) is 3.91. The molecule has 2 aliphatic carbocycles. The molecule has 12 rings (SSSR count). The minimum atomic E-state index is -0.0533. The highest BCUT2D eigenvalue weighted by Crippen LogP contribution is 2.50. The predicted octanol–water partition coefficient (Wildman–Crippen LogP) is 16.2. The first kappa shape index (κ1) is 37.3. The molecule has 1 unspecified atom stereocenters. The van der Waals surface area contributed by atoms with Crippen molar-refractivity contribution in [1.82, 2.24) is 4.57 Å². The van der Waals surface area contributed by atoms with Crippen molar-refractivity contribution in [1.29, 1.82) is 0 Å². The van der Waals surface area contributed by atoms with E-state index >= 15 is 0 Å². The molecule has 0 fully saturated rings. The van der Waals surface area contributed by atoms with Crippen molar-refractivity contribution in [2.24, 2.45) is 0 Å². The zero-order valence-corrected chi connectivity index (χ0v) is 35.8. The SMILES string of the molecule is C=C1c2ccccc2-c2ccc(C(CCc3ccc(-c4ccc5c(c4)c4ccccc4n5-c4ccc(-c5ccccc5)cc4)cc3)c3ccc4c(c3)C(C)(C)c3ccccc3-4)cc21. The number of fused-ring (bicyclic) bond motifs is 9. The Bertz CT molecular complexity index is 3420. The maximum absolute atomic E-state index is 4.58. The van der Waals surface area contributed by atoms with E-state index in [0.717, 1.165) is 18.4 Å². The Labute approximate surface area is 370 Å². The number of hydrogen-bond acceptors (Lipinski definition) is 0. The van der Waals surface area contributed by atoms with Gasteiger partial charge in [-0.1, -0.05) is 190 Å². The molecule has 10 aromatic rings. The van der Waals surface area contributed by atoms with Gasteiger partial charge in [0.05, 0.1) is 11.0 Å². The van der Waals surface area contributed by atoms with Crippen LogP contribution in [-0.4, -0.2) is 4.57 Å². The van der Waals surface area contributed by atoms with Crippen LogP contribution >= 0.6 is 0 Å². The Hall–Kier alpha value is -7.48. The van der Waals surface area contributed by atoms with Gasteiger partial charge < -0.3 is 4.57 Å². The average molecular weight is 806 g/mol. The lowest BCUT2D eigenvalue weighted by Crippen LogP contribution is -2.15. The fourth-order valence-electron chi connectivity index (χ4n) is 10.9. The first-order valence-electron chi connectivity index (χ1n) is 22.4. The van der Waals surface area contributed by atoms with Gasteiger partial charge >= 0.3 is 0 Å². The van der Waals surface area contributed by atoms with Crippen LogP contribution in [0.5, 0.6) is 0 Å². The lowest BCUT2D eigenvalue weighted by molar-refractivity contribution is 0.654. The van der Waals surface area contributed by atoms with Crippen molar-refractivity contribution in [3.8, 4) is 50.2 Å². The largest absolute Gasteiger partial charge is 0.309 e. The third-order valence-electron chi connectivity index (χ3n) is 14.2. The molecule has 0 bridgehead atoms. The molecule has 2 aliphatic rings. The number of benzene rings is 9. The normalized spacial score (nSPS) is 13.8. The molecule has 0 saturated heterocycles. The van der Waals surface area contributed by atoms with Crippen LogP contribution in [0.25, 0.3) is 77.6 Å². The first-order chi connectivity index (χ1) is 30.9. The topological polar surface area (TPSA) is 4.93 Å². The summed E-state index contributed by atoms with van der Waals surface area (Å²) < 4.78 is 2.40. The highest BCUT2D eigenvalue weighted by atomic mass is 15.0. The molecule has 1 nitrogen and oxygen atoms in total. The Morgan fingerprint density at radius 1 is 0.429 bits per heavy atom. The molecule has 0 amide bonds. The maximum Gasteiger partial charge on any atom is 0.0541 e. The molecular formula is C62H47N. The third-order valence-corrected chi connectivity index (χ3v) is 14.2. The van der Waals surface area contributed by atoms with Crippen LogP contribution in [0.2, 0.25) is 0 Å². The highest BCUT2D eigenvalue weighted by Gasteiger charge is 2.36. The number of hydrogen-bond donors (Lipinski definition) is 0. The predicted molar refractivity (Wildman–Crippen MR) is 266 cm³/mol. The molecule has 0 N–H and O–H groups in total. The van der Waals surface area contributed by atoms with Crippen molar-refractivity contribution < 1.29 is 0 Å². The quantitative estimate of drug-likeness (QED) is 0.144. The van der Waals surface area contributed by atoms with E-state index in [-0.39, 0.29) is 11.3 Å². The molecule has 1 aromatic heterocycles. The summed E-state index contributed by atoms with van der Waals surface area (Å²) in [6.45, 7) is 9.35. The molecule has 0 radical (unpaired) electrons. The van der Waals surface area contributed by atoms with Gasteiger partial charge in [0, 0.05) is 27.8 Å². The lowest BCUT2D eigenvalue weighted by Gasteiger charge is -2.25. The summed E-state index contributed by atoms with van der Waals surface area (Å²) in [5.41, 5.74) is 24.3. The number of aryl methyl sites for hydroxylation is 1. The van der Waals surface area contributed by atoms with Gasteiger partial charge in [0.25, 0.3) is 0 Å². The van der Waals surface area contributed by atoms with Crippen molar-refractivity contribution in [2.45, 2.75) is 38.0 Å². The summed E-state index contributed by atoms with van der Waals surface area (Å²) in [7, 11) is 0. The number of para-hydroxylation sites is 1. The molecule has 300 valence electrons. The van der Waals surface area contributed by atoms with Crippen LogP contribution in [0.15, 0.2) is 213 Å². The monoisotopic (exact) mass is 805 g/mol. The lowest BCUT2D eigenvalue weighted by atomic mass is 9.79. The van der Waals surface area contributed by atoms with Crippen molar-refractivity contribution >= 4 is 27.4 Å². The van der Waals surface area contributed by atoms with E-state index in [9.17, 15) is 0 Å². The summed E-state index contributed by atoms with van der Waals surface area (Å²) in [5, 5.41) is 2.53. The summed E-state index contributed by atoms with van der Waals surface area (Å²) in [4.78, 5) is 0. The van der Waals surface area contributed by atoms with Crippen LogP contribution in [0, 0.1) is 0 Å². The molecule has 1 heterocycles. The highest BCUT2D eigenvalue weighted by molar-refractivity contribution is 6.10. The number of rotatable bonds is 8. The number of nitrogens with zero attached hydrogens (tertiary/aromatic N) is 1. The standard InChI is InChI=1S/C62H47N/c1-40-49-15-7-8-16-51(49)52-34-28-46(38-56(40)52)50(47-29-35-54-53-17-9-11-19-58(53)62(2,3)59(54)39-47)33-23-41-21-24-44(25-22-41)45-30-36-61-57(37-45)55-18-10-12-20-60(55)63(61)48-31-26-43(27-32-48)42-13-5-4-6-14-42/h4-22,24-32,34-39,50H,1,23,33H2,2-3H3. The minimum Gasteiger partial charge on any atom is -0.309 e. The van der Waals surface area contributed by atoms with Gasteiger partial charge in [0.1, 0.15) is 0 Å². The Morgan fingerprint density at radius 2 is 1.00 bits per heavy atom. The van der Waals surface area contributed by atoms with Gasteiger partial charge in [-0.15, -0.1) is 0 Å². The Balaban J connectivity index is 0.860. The van der Waals surface area contributed by atoms with Crippen LogP contribution < -0.4 is 0 Å². The van der Waals surface area contributed by atoms with Gasteiger partial charge in [-0.25, -0.2) is 0 Å². The third kappa shape index (κ3) is 6.06. The molecule has 0 aliphatic heterocycles. The number of aromatic nitrogens is 1. The van der Waals surface area contributed by atoms with E-state index in [1.807, 2.05) is 0 Å². The second-order valence-corrected chi connectivity index (χ2v) is 18.1. The zero-order valence-electron chi connectivity index (χ0n) is 35.8. The van der Waals surface area contributed by atoms with Crippen molar-refractivity contribution in [3.05, 3.63) is 252 Å². The second-order valence-electron chi connectivity index (χ2n) is 18.1. The summed E-state index contributed by atoms with van der Waals surface area (Å²) >= 11 is 0. The maximum atomic E-state index is 4.58. The molecule has 63 heavy (non-hydrogen) atoms. The van der Waals surface area contributed by atoms with Crippen molar-refractivity contribution in [2.75, 3.05) is 0 Å². The first-order valence-corrected chi connectivity index (χ1v) is 22.4. The molecule has 1 atom stereocenters. The fourth-order valence-corrected chi connectivity index (χ4v) is 10.9. The molecule has 0 spiro atoms. The van der Waals surface area contributed by atoms with Gasteiger partial charge in [0.15, 0.2) is 0 Å². The van der Waals surface area contributed by atoms with Crippen LogP contribution in [0.3, 0.4) is 0 Å². The van der Waals surface area contributed by atoms with Gasteiger partial charge in [-0.3, -0.25) is 0 Å². The van der Waals surface area contributed by atoms with Gasteiger partial charge in [0.2, 0.25) is 0 Å². The van der Waals surface area contributed by atoms with Crippen molar-refractivity contribution in [3.63, 3.8) is 0 Å². The van der Waals surface area contributed by atoms with E-state index in [1.165, 1.54) is 111 Å². The summed E-state index contributed by atoms with van der Waals surface area (Å²) in [6, 6.07) is 76.7. The van der Waals surface area contributed by atoms with E-state index in [1.54, 1.807) is 0 Å². The Kier molecular flexibility index (Phi) is 8.63. The minimum absolute atomic E-state index is 0.0533. The smallest absolute Gasteiger partial charge is 0.0541 e. The van der Waals surface area contributed by atoms with Crippen LogP contribution in [0.4, 0.5) is 0 Å². The van der Waals surface area contributed by atoms with E-state index < -0.39 is 0 Å². The van der Waals surface area contributed by atoms with E-state index in [4.69, 9.17) is 0 Å². The molecule has 1 heteroatoms. The van der Waals surface area contributed by atoms with E-state index in [2.05, 4.69) is 231 Å². The van der Waals surface area contributed by atoms with Crippen LogP contribution in [0.1, 0.15) is 65.1 Å². The summed E-state index contributed by atoms with van der Waals surface area (Å²) in [6.07, 6.45) is 1.97. The van der Waals surface area contributed by atoms with Crippen LogP contribution in [-0.2, 0) is 11.8 Å². The van der Waals surface area contributed by atoms with Gasteiger partial charge in [-0.05, 0) is 138 Å². The summed E-state index contributed by atoms with van der Waals surface area (Å²) in [5.74, 6) is 0.227. The fraction of sp³-hybridized carbons (Fsp3) is 0.0968. The van der Waals surface area contributed by atoms with E-state index in [0.29, 0.717) is 0 Å². The second kappa shape index (κ2) is 14.6. The zero-order chi connectivity index (χ0) is 42.2. The Morgan fingerprint density at radius 3 is 1.81 bits per heavy atom.